The Hall–Kier alpha value is -1.36. The Morgan fingerprint density at radius 3 is 3.12 bits per heavy atom. The molecule has 0 saturated carbocycles. The van der Waals surface area contributed by atoms with Gasteiger partial charge in [0.05, 0.1) is 17.3 Å². The van der Waals surface area contributed by atoms with Gasteiger partial charge in [-0.2, -0.15) is 0 Å². The third-order valence-corrected chi connectivity index (χ3v) is 3.34. The fourth-order valence-electron chi connectivity index (χ4n) is 2.19. The topological polar surface area (TPSA) is 59.5 Å². The van der Waals surface area contributed by atoms with Gasteiger partial charge in [0, 0.05) is 19.4 Å². The van der Waals surface area contributed by atoms with Gasteiger partial charge in [0.2, 0.25) is 5.91 Å². The summed E-state index contributed by atoms with van der Waals surface area (Å²) >= 11 is 4.98. The quantitative estimate of drug-likeness (QED) is 0.825. The third-order valence-electron chi connectivity index (χ3n) is 3.07. The number of nitrogens with two attached hydrogens (primary N) is 1. The lowest BCUT2D eigenvalue weighted by Gasteiger charge is -2.23. The summed E-state index contributed by atoms with van der Waals surface area (Å²) < 4.78 is 5.20. The minimum atomic E-state index is -0.0471. The van der Waals surface area contributed by atoms with Gasteiger partial charge in [0.25, 0.3) is 0 Å². The lowest BCUT2D eigenvalue weighted by atomic mass is 10.2. The van der Waals surface area contributed by atoms with Crippen LogP contribution in [0.25, 0.3) is 0 Å². The zero-order chi connectivity index (χ0) is 12.3. The van der Waals surface area contributed by atoms with Crippen molar-refractivity contribution in [2.45, 2.75) is 31.7 Å². The van der Waals surface area contributed by atoms with Crippen molar-refractivity contribution in [2.24, 2.45) is 5.73 Å². The van der Waals surface area contributed by atoms with E-state index in [2.05, 4.69) is 0 Å². The van der Waals surface area contributed by atoms with Crippen molar-refractivity contribution in [3.63, 3.8) is 0 Å². The van der Waals surface area contributed by atoms with Gasteiger partial charge < -0.3 is 15.1 Å². The molecule has 0 bridgehead atoms. The number of aryl methyl sites for hydroxylation is 1. The standard InChI is InChI=1S/C12H16N2O2S/c13-12(17)10-4-1-7-14(10)11(15)6-5-9-3-2-8-16-9/h2-3,8,10H,1,4-7H2,(H2,13,17). The second-order valence-electron chi connectivity index (χ2n) is 4.23. The van der Waals surface area contributed by atoms with Crippen LogP contribution in [-0.4, -0.2) is 28.4 Å². The van der Waals surface area contributed by atoms with E-state index >= 15 is 0 Å². The summed E-state index contributed by atoms with van der Waals surface area (Å²) in [6.07, 6.45) is 4.57. The molecule has 92 valence electrons. The maximum absolute atomic E-state index is 12.0. The Morgan fingerprint density at radius 1 is 1.65 bits per heavy atom. The fraction of sp³-hybridized carbons (Fsp3) is 0.500. The number of likely N-dealkylation sites (tertiary alicyclic amines) is 1. The van der Waals surface area contributed by atoms with E-state index in [0.29, 0.717) is 17.8 Å². The molecule has 1 aromatic rings. The predicted molar refractivity (Wildman–Crippen MR) is 68.5 cm³/mol. The van der Waals surface area contributed by atoms with Crippen LogP contribution in [0.4, 0.5) is 0 Å². The summed E-state index contributed by atoms with van der Waals surface area (Å²) in [6, 6.07) is 3.66. The average Bonchev–Trinajstić information content (AvgIpc) is 2.96. The highest BCUT2D eigenvalue weighted by Gasteiger charge is 2.30. The van der Waals surface area contributed by atoms with Gasteiger partial charge in [-0.15, -0.1) is 0 Å². The highest BCUT2D eigenvalue weighted by molar-refractivity contribution is 7.80. The van der Waals surface area contributed by atoms with Crippen LogP contribution in [-0.2, 0) is 11.2 Å². The monoisotopic (exact) mass is 252 g/mol. The second-order valence-corrected chi connectivity index (χ2v) is 4.70. The summed E-state index contributed by atoms with van der Waals surface area (Å²) in [6.45, 7) is 0.763. The normalized spacial score (nSPS) is 19.5. The molecule has 4 nitrogen and oxygen atoms in total. The number of rotatable bonds is 4. The van der Waals surface area contributed by atoms with Gasteiger partial charge in [-0.05, 0) is 25.0 Å². The molecule has 2 N–H and O–H groups in total. The van der Waals surface area contributed by atoms with Crippen molar-refractivity contribution < 1.29 is 9.21 Å². The molecule has 0 aliphatic carbocycles. The van der Waals surface area contributed by atoms with E-state index in [-0.39, 0.29) is 11.9 Å². The van der Waals surface area contributed by atoms with E-state index in [4.69, 9.17) is 22.4 Å². The number of hydrogen-bond acceptors (Lipinski definition) is 3. The van der Waals surface area contributed by atoms with Crippen LogP contribution in [0.15, 0.2) is 22.8 Å². The summed E-state index contributed by atoms with van der Waals surface area (Å²) in [5.74, 6) is 0.945. The zero-order valence-electron chi connectivity index (χ0n) is 9.59. The SMILES string of the molecule is NC(=S)C1CCCN1C(=O)CCc1ccco1. The van der Waals surface area contributed by atoms with Crippen molar-refractivity contribution in [1.29, 1.82) is 0 Å². The number of furan rings is 1. The molecular weight excluding hydrogens is 236 g/mol. The Bertz CT molecular complexity index is 403. The van der Waals surface area contributed by atoms with Crippen LogP contribution in [0.1, 0.15) is 25.0 Å². The molecule has 0 spiro atoms. The molecule has 5 heteroatoms. The molecule has 1 amide bonds. The lowest BCUT2D eigenvalue weighted by Crippen LogP contribution is -2.42. The van der Waals surface area contributed by atoms with Crippen molar-refractivity contribution in [3.05, 3.63) is 24.2 Å². The molecule has 1 aliphatic rings. The smallest absolute Gasteiger partial charge is 0.223 e. The Morgan fingerprint density at radius 2 is 2.47 bits per heavy atom. The van der Waals surface area contributed by atoms with Gasteiger partial charge in [-0.1, -0.05) is 12.2 Å². The van der Waals surface area contributed by atoms with Crippen LogP contribution in [0.2, 0.25) is 0 Å². The van der Waals surface area contributed by atoms with E-state index in [1.54, 1.807) is 11.2 Å². The van der Waals surface area contributed by atoms with E-state index in [1.165, 1.54) is 0 Å². The van der Waals surface area contributed by atoms with Crippen LogP contribution >= 0.6 is 12.2 Å². The highest BCUT2D eigenvalue weighted by Crippen LogP contribution is 2.19. The summed E-state index contributed by atoms with van der Waals surface area (Å²) in [5, 5.41) is 0. The van der Waals surface area contributed by atoms with Crippen molar-refractivity contribution in [2.75, 3.05) is 6.54 Å². The first-order chi connectivity index (χ1) is 8.18. The Kier molecular flexibility index (Phi) is 3.78. The molecule has 1 aliphatic heterocycles. The van der Waals surface area contributed by atoms with Crippen molar-refractivity contribution in [1.82, 2.24) is 4.90 Å². The summed E-state index contributed by atoms with van der Waals surface area (Å²) in [5.41, 5.74) is 5.64. The number of carbonyl (C=O) groups is 1. The van der Waals surface area contributed by atoms with E-state index in [1.807, 2.05) is 12.1 Å². The molecule has 2 heterocycles. The van der Waals surface area contributed by atoms with Gasteiger partial charge >= 0.3 is 0 Å². The fourth-order valence-corrected chi connectivity index (χ4v) is 2.43. The van der Waals surface area contributed by atoms with E-state index in [0.717, 1.165) is 25.1 Å². The number of thiocarbonyl (C=S) groups is 1. The highest BCUT2D eigenvalue weighted by atomic mass is 32.1. The molecule has 1 atom stereocenters. The molecule has 2 rings (SSSR count). The molecule has 1 aromatic heterocycles. The second kappa shape index (κ2) is 5.31. The van der Waals surface area contributed by atoms with E-state index in [9.17, 15) is 4.79 Å². The molecule has 17 heavy (non-hydrogen) atoms. The Labute approximate surface area is 106 Å². The predicted octanol–water partition coefficient (Wildman–Crippen LogP) is 1.49. The zero-order valence-corrected chi connectivity index (χ0v) is 10.4. The van der Waals surface area contributed by atoms with Crippen LogP contribution in [0.5, 0.6) is 0 Å². The first-order valence-corrected chi connectivity index (χ1v) is 6.20. The maximum Gasteiger partial charge on any atom is 0.223 e. The average molecular weight is 252 g/mol. The molecule has 1 saturated heterocycles. The number of nitrogens with zero attached hydrogens (tertiary/aromatic N) is 1. The minimum absolute atomic E-state index is 0.0471. The van der Waals surface area contributed by atoms with Gasteiger partial charge in [0.15, 0.2) is 0 Å². The van der Waals surface area contributed by atoms with Gasteiger partial charge in [0.1, 0.15) is 5.76 Å². The number of amides is 1. The van der Waals surface area contributed by atoms with Crippen molar-refractivity contribution >= 4 is 23.1 Å². The van der Waals surface area contributed by atoms with Gasteiger partial charge in [-0.25, -0.2) is 0 Å². The Balaban J connectivity index is 1.89. The van der Waals surface area contributed by atoms with Crippen LogP contribution in [0.3, 0.4) is 0 Å². The van der Waals surface area contributed by atoms with Crippen LogP contribution in [0, 0.1) is 0 Å². The molecule has 0 radical (unpaired) electrons. The minimum Gasteiger partial charge on any atom is -0.469 e. The number of carbonyl (C=O) groups excluding carboxylic acids is 1. The van der Waals surface area contributed by atoms with E-state index < -0.39 is 0 Å². The first-order valence-electron chi connectivity index (χ1n) is 5.79. The first kappa shape index (κ1) is 12.1. The van der Waals surface area contributed by atoms with Gasteiger partial charge in [-0.3, -0.25) is 4.79 Å². The summed E-state index contributed by atoms with van der Waals surface area (Å²) in [4.78, 5) is 14.2. The number of hydrogen-bond donors (Lipinski definition) is 1. The molecule has 1 unspecified atom stereocenters. The molecule has 1 fully saturated rings. The largest absolute Gasteiger partial charge is 0.469 e. The molecule has 0 aromatic carbocycles. The summed E-state index contributed by atoms with van der Waals surface area (Å²) in [7, 11) is 0. The van der Waals surface area contributed by atoms with Crippen molar-refractivity contribution in [3.8, 4) is 0 Å². The third kappa shape index (κ3) is 2.85. The lowest BCUT2D eigenvalue weighted by molar-refractivity contribution is -0.131. The molecular formula is C12H16N2O2S. The maximum atomic E-state index is 12.0. The van der Waals surface area contributed by atoms with Crippen LogP contribution < -0.4 is 5.73 Å².